The molecule has 0 aliphatic rings. The van der Waals surface area contributed by atoms with Crippen molar-refractivity contribution in [3.63, 3.8) is 0 Å². The lowest BCUT2D eigenvalue weighted by Crippen LogP contribution is -2.10. The Morgan fingerprint density at radius 2 is 1.73 bits per heavy atom. The second kappa shape index (κ2) is 5.09. The van der Waals surface area contributed by atoms with E-state index in [2.05, 4.69) is 37.9 Å². The van der Waals surface area contributed by atoms with Crippen molar-refractivity contribution < 1.29 is 4.79 Å². The fourth-order valence-corrected chi connectivity index (χ4v) is 2.73. The van der Waals surface area contributed by atoms with Crippen LogP contribution in [0.2, 0.25) is 0 Å². The van der Waals surface area contributed by atoms with Gasteiger partial charge in [0, 0.05) is 11.3 Å². The number of nitrogens with zero attached hydrogens (tertiary/aromatic N) is 2. The van der Waals surface area contributed by atoms with Gasteiger partial charge >= 0.3 is 0 Å². The molecule has 0 saturated carbocycles. The molecule has 3 aromatic rings. The minimum absolute atomic E-state index is 0.113. The van der Waals surface area contributed by atoms with Gasteiger partial charge in [-0.25, -0.2) is 4.98 Å². The van der Waals surface area contributed by atoms with Crippen molar-refractivity contribution in [2.45, 2.75) is 33.1 Å². The molecule has 112 valence electrons. The van der Waals surface area contributed by atoms with Crippen LogP contribution in [0.3, 0.4) is 0 Å². The summed E-state index contributed by atoms with van der Waals surface area (Å²) in [4.78, 5) is 16.2. The van der Waals surface area contributed by atoms with Crippen molar-refractivity contribution in [3.05, 3.63) is 59.4 Å². The van der Waals surface area contributed by atoms with Crippen LogP contribution in [0.5, 0.6) is 0 Å². The molecule has 3 heteroatoms. The van der Waals surface area contributed by atoms with Gasteiger partial charge in [0.25, 0.3) is 0 Å². The summed E-state index contributed by atoms with van der Waals surface area (Å²) in [5.74, 6) is 0. The van der Waals surface area contributed by atoms with Gasteiger partial charge in [0.2, 0.25) is 0 Å². The summed E-state index contributed by atoms with van der Waals surface area (Å²) in [5, 5.41) is 0. The number of aryl methyl sites for hydroxylation is 1. The number of hydrogen-bond acceptors (Lipinski definition) is 2. The Morgan fingerprint density at radius 1 is 1.05 bits per heavy atom. The molecular formula is C19H20N2O. The molecule has 0 radical (unpaired) electrons. The standard InChI is InChI=1S/C19H20N2O/c1-13-6-5-7-17-20-18(16(12-22)21(13)17)14-8-10-15(11-9-14)19(2,3)4/h5-12H,1-4H3. The molecule has 0 spiro atoms. The molecule has 0 amide bonds. The Morgan fingerprint density at radius 3 is 2.32 bits per heavy atom. The minimum atomic E-state index is 0.113. The third-order valence-electron chi connectivity index (χ3n) is 4.01. The monoisotopic (exact) mass is 292 g/mol. The van der Waals surface area contributed by atoms with Gasteiger partial charge in [0.15, 0.2) is 6.29 Å². The molecule has 0 aliphatic carbocycles. The molecule has 22 heavy (non-hydrogen) atoms. The summed E-state index contributed by atoms with van der Waals surface area (Å²) in [6, 6.07) is 14.2. The Balaban J connectivity index is 2.18. The van der Waals surface area contributed by atoms with E-state index < -0.39 is 0 Å². The van der Waals surface area contributed by atoms with Crippen LogP contribution in [0.4, 0.5) is 0 Å². The van der Waals surface area contributed by atoms with Crippen LogP contribution < -0.4 is 0 Å². The minimum Gasteiger partial charge on any atom is -0.296 e. The first kappa shape index (κ1) is 14.5. The van der Waals surface area contributed by atoms with Crippen molar-refractivity contribution in [2.24, 2.45) is 0 Å². The number of imidazole rings is 1. The fourth-order valence-electron chi connectivity index (χ4n) is 2.73. The maximum Gasteiger partial charge on any atom is 0.169 e. The summed E-state index contributed by atoms with van der Waals surface area (Å²) in [6.07, 6.45) is 0.889. The van der Waals surface area contributed by atoms with Crippen LogP contribution in [0.1, 0.15) is 42.5 Å². The van der Waals surface area contributed by atoms with Crippen LogP contribution in [-0.2, 0) is 5.41 Å². The molecule has 0 saturated heterocycles. The number of fused-ring (bicyclic) bond motifs is 1. The smallest absolute Gasteiger partial charge is 0.169 e. The molecule has 0 fully saturated rings. The van der Waals surface area contributed by atoms with Crippen LogP contribution >= 0.6 is 0 Å². The molecule has 0 bridgehead atoms. The number of aldehydes is 1. The number of carbonyl (C=O) groups is 1. The van der Waals surface area contributed by atoms with Gasteiger partial charge < -0.3 is 0 Å². The molecule has 0 aliphatic heterocycles. The first-order valence-corrected chi connectivity index (χ1v) is 7.46. The second-order valence-corrected chi connectivity index (χ2v) is 6.65. The SMILES string of the molecule is Cc1cccc2nc(-c3ccc(C(C)(C)C)cc3)c(C=O)n12. The molecule has 0 atom stereocenters. The van der Waals surface area contributed by atoms with Crippen molar-refractivity contribution in [3.8, 4) is 11.3 Å². The average Bonchev–Trinajstić information content (AvgIpc) is 2.86. The van der Waals surface area contributed by atoms with E-state index in [0.717, 1.165) is 28.9 Å². The maximum absolute atomic E-state index is 11.6. The Hall–Kier alpha value is -2.42. The molecule has 2 aromatic heterocycles. The topological polar surface area (TPSA) is 34.4 Å². The molecule has 2 heterocycles. The fraction of sp³-hybridized carbons (Fsp3) is 0.263. The highest BCUT2D eigenvalue weighted by Gasteiger charge is 2.17. The average molecular weight is 292 g/mol. The van der Waals surface area contributed by atoms with E-state index in [1.807, 2.05) is 41.7 Å². The highest BCUT2D eigenvalue weighted by atomic mass is 16.1. The van der Waals surface area contributed by atoms with Crippen molar-refractivity contribution in [1.29, 1.82) is 0 Å². The Kier molecular flexibility index (Phi) is 3.36. The Bertz CT molecular complexity index is 836. The summed E-state index contributed by atoms with van der Waals surface area (Å²) in [7, 11) is 0. The summed E-state index contributed by atoms with van der Waals surface area (Å²) in [5.41, 5.74) is 5.51. The van der Waals surface area contributed by atoms with Crippen LogP contribution in [0.15, 0.2) is 42.5 Å². The van der Waals surface area contributed by atoms with E-state index in [4.69, 9.17) is 0 Å². The third kappa shape index (κ3) is 2.33. The largest absolute Gasteiger partial charge is 0.296 e. The first-order chi connectivity index (χ1) is 10.4. The number of aromatic nitrogens is 2. The van der Waals surface area contributed by atoms with Gasteiger partial charge in [-0.15, -0.1) is 0 Å². The molecule has 3 rings (SSSR count). The number of pyridine rings is 1. The quantitative estimate of drug-likeness (QED) is 0.655. The number of rotatable bonds is 2. The molecular weight excluding hydrogens is 272 g/mol. The molecule has 3 nitrogen and oxygen atoms in total. The lowest BCUT2D eigenvalue weighted by molar-refractivity contribution is 0.111. The zero-order chi connectivity index (χ0) is 15.9. The molecule has 0 unspecified atom stereocenters. The molecule has 0 N–H and O–H groups in total. The van der Waals surface area contributed by atoms with E-state index in [1.165, 1.54) is 5.56 Å². The number of carbonyl (C=O) groups excluding carboxylic acids is 1. The van der Waals surface area contributed by atoms with Crippen molar-refractivity contribution in [1.82, 2.24) is 9.38 Å². The second-order valence-electron chi connectivity index (χ2n) is 6.65. The van der Waals surface area contributed by atoms with Gasteiger partial charge in [-0.05, 0) is 30.0 Å². The normalized spacial score (nSPS) is 11.8. The number of benzene rings is 1. The van der Waals surface area contributed by atoms with E-state index >= 15 is 0 Å². The summed E-state index contributed by atoms with van der Waals surface area (Å²) >= 11 is 0. The molecule has 1 aromatic carbocycles. The highest BCUT2D eigenvalue weighted by molar-refractivity contribution is 5.86. The lowest BCUT2D eigenvalue weighted by Gasteiger charge is -2.19. The van der Waals surface area contributed by atoms with Gasteiger partial charge in [-0.1, -0.05) is 51.1 Å². The van der Waals surface area contributed by atoms with Gasteiger partial charge in [-0.3, -0.25) is 9.20 Å². The van der Waals surface area contributed by atoms with E-state index in [1.54, 1.807) is 0 Å². The van der Waals surface area contributed by atoms with E-state index in [-0.39, 0.29) is 5.41 Å². The third-order valence-corrected chi connectivity index (χ3v) is 4.01. The van der Waals surface area contributed by atoms with Gasteiger partial charge in [-0.2, -0.15) is 0 Å². The highest BCUT2D eigenvalue weighted by Crippen LogP contribution is 2.28. The lowest BCUT2D eigenvalue weighted by atomic mass is 9.86. The van der Waals surface area contributed by atoms with Crippen molar-refractivity contribution >= 4 is 11.9 Å². The van der Waals surface area contributed by atoms with E-state index in [9.17, 15) is 4.79 Å². The maximum atomic E-state index is 11.6. The predicted molar refractivity (Wildman–Crippen MR) is 89.5 cm³/mol. The van der Waals surface area contributed by atoms with Gasteiger partial charge in [0.1, 0.15) is 17.0 Å². The van der Waals surface area contributed by atoms with Crippen LogP contribution in [0, 0.1) is 6.92 Å². The zero-order valence-electron chi connectivity index (χ0n) is 13.4. The number of hydrogen-bond donors (Lipinski definition) is 0. The van der Waals surface area contributed by atoms with E-state index in [0.29, 0.717) is 5.69 Å². The van der Waals surface area contributed by atoms with Crippen LogP contribution in [0.25, 0.3) is 16.9 Å². The first-order valence-electron chi connectivity index (χ1n) is 7.46. The summed E-state index contributed by atoms with van der Waals surface area (Å²) < 4.78 is 1.90. The van der Waals surface area contributed by atoms with Crippen molar-refractivity contribution in [2.75, 3.05) is 0 Å². The van der Waals surface area contributed by atoms with Gasteiger partial charge in [0.05, 0.1) is 0 Å². The predicted octanol–water partition coefficient (Wildman–Crippen LogP) is 4.42. The summed E-state index contributed by atoms with van der Waals surface area (Å²) in [6.45, 7) is 8.54. The Labute approximate surface area is 130 Å². The van der Waals surface area contributed by atoms with Crippen LogP contribution in [-0.4, -0.2) is 15.7 Å². The zero-order valence-corrected chi connectivity index (χ0v) is 13.4.